The molecule has 3 nitrogen and oxygen atoms in total. The Balaban J connectivity index is 2.31. The lowest BCUT2D eigenvalue weighted by molar-refractivity contribution is 0.352. The van der Waals surface area contributed by atoms with Gasteiger partial charge in [-0.2, -0.15) is 0 Å². The quantitative estimate of drug-likeness (QED) is 0.925. The van der Waals surface area contributed by atoms with Crippen LogP contribution in [-0.2, 0) is 0 Å². The van der Waals surface area contributed by atoms with E-state index >= 15 is 0 Å². The third-order valence-electron chi connectivity index (χ3n) is 3.11. The van der Waals surface area contributed by atoms with Crippen molar-refractivity contribution >= 4 is 15.9 Å². The molecule has 88 valence electrons. The van der Waals surface area contributed by atoms with Crippen molar-refractivity contribution in [3.05, 3.63) is 22.2 Å². The van der Waals surface area contributed by atoms with Gasteiger partial charge in [-0.1, -0.05) is 0 Å². The maximum absolute atomic E-state index is 5.66. The van der Waals surface area contributed by atoms with Gasteiger partial charge in [-0.3, -0.25) is 0 Å². The van der Waals surface area contributed by atoms with Gasteiger partial charge in [0.1, 0.15) is 0 Å². The minimum absolute atomic E-state index is 0.584. The summed E-state index contributed by atoms with van der Waals surface area (Å²) >= 11 is 3.50. The normalized spacial score (nSPS) is 23.0. The van der Waals surface area contributed by atoms with Crippen LogP contribution in [0.4, 0.5) is 0 Å². The van der Waals surface area contributed by atoms with Gasteiger partial charge in [0.05, 0.1) is 18.7 Å². The highest BCUT2D eigenvalue weighted by molar-refractivity contribution is 9.10. The number of rotatable bonds is 4. The Hall–Kier alpha value is -0.740. The van der Waals surface area contributed by atoms with Gasteiger partial charge in [0, 0.05) is 0 Å². The average Bonchev–Trinajstić information content (AvgIpc) is 3.07. The molecule has 0 amide bonds. The number of hydrogen-bond acceptors (Lipinski definition) is 3. The molecule has 0 bridgehead atoms. The lowest BCUT2D eigenvalue weighted by Crippen LogP contribution is -2.02. The molecular weight excluding hydrogens is 270 g/mol. The molecule has 2 N–H and O–H groups in total. The predicted molar refractivity (Wildman–Crippen MR) is 67.1 cm³/mol. The minimum atomic E-state index is 0.584. The third-order valence-corrected chi connectivity index (χ3v) is 3.70. The second-order valence-corrected chi connectivity index (χ2v) is 4.93. The van der Waals surface area contributed by atoms with Crippen molar-refractivity contribution in [3.63, 3.8) is 0 Å². The maximum atomic E-state index is 5.66. The summed E-state index contributed by atoms with van der Waals surface area (Å²) in [5.74, 6) is 2.73. The van der Waals surface area contributed by atoms with Crippen LogP contribution in [0.1, 0.15) is 17.9 Å². The van der Waals surface area contributed by atoms with Gasteiger partial charge in [0.25, 0.3) is 0 Å². The van der Waals surface area contributed by atoms with Crippen LogP contribution in [0.3, 0.4) is 0 Å². The fourth-order valence-electron chi connectivity index (χ4n) is 2.07. The van der Waals surface area contributed by atoms with Crippen LogP contribution < -0.4 is 15.2 Å². The Morgan fingerprint density at radius 2 is 2.12 bits per heavy atom. The van der Waals surface area contributed by atoms with E-state index in [4.69, 9.17) is 15.2 Å². The fraction of sp³-hybridized carbons (Fsp3) is 0.500. The van der Waals surface area contributed by atoms with Gasteiger partial charge in [0.2, 0.25) is 0 Å². The topological polar surface area (TPSA) is 44.5 Å². The predicted octanol–water partition coefficient (Wildman–Crippen LogP) is 2.53. The molecule has 0 aromatic heterocycles. The fourth-order valence-corrected chi connectivity index (χ4v) is 2.69. The first-order valence-electron chi connectivity index (χ1n) is 5.32. The Morgan fingerprint density at radius 1 is 1.38 bits per heavy atom. The molecule has 0 saturated heterocycles. The highest BCUT2D eigenvalue weighted by Gasteiger charge is 2.37. The first kappa shape index (κ1) is 11.7. The monoisotopic (exact) mass is 285 g/mol. The van der Waals surface area contributed by atoms with E-state index in [1.54, 1.807) is 14.2 Å². The molecule has 1 aromatic carbocycles. The Kier molecular flexibility index (Phi) is 3.40. The van der Waals surface area contributed by atoms with E-state index < -0.39 is 0 Å². The van der Waals surface area contributed by atoms with Crippen molar-refractivity contribution in [2.75, 3.05) is 20.8 Å². The van der Waals surface area contributed by atoms with Crippen LogP contribution in [0.2, 0.25) is 0 Å². The van der Waals surface area contributed by atoms with E-state index in [0.717, 1.165) is 22.5 Å². The molecule has 2 atom stereocenters. The van der Waals surface area contributed by atoms with Gasteiger partial charge < -0.3 is 15.2 Å². The molecule has 0 radical (unpaired) electrons. The summed E-state index contributed by atoms with van der Waals surface area (Å²) in [7, 11) is 3.30. The molecule has 1 aliphatic rings. The number of hydrogen-bond donors (Lipinski definition) is 1. The zero-order chi connectivity index (χ0) is 11.7. The van der Waals surface area contributed by atoms with Crippen LogP contribution in [0, 0.1) is 5.92 Å². The van der Waals surface area contributed by atoms with Crippen molar-refractivity contribution in [2.45, 2.75) is 12.3 Å². The first-order valence-corrected chi connectivity index (χ1v) is 6.12. The highest BCUT2D eigenvalue weighted by Crippen LogP contribution is 2.49. The molecule has 0 unspecified atom stereocenters. The molecule has 0 aliphatic heterocycles. The van der Waals surface area contributed by atoms with E-state index in [0.29, 0.717) is 11.8 Å². The molecule has 4 heteroatoms. The SMILES string of the molecule is COc1cc([C@@H]2C[C@H]2CN)cc(Br)c1OC. The third kappa shape index (κ3) is 2.04. The summed E-state index contributed by atoms with van der Waals surface area (Å²) in [5.41, 5.74) is 6.94. The van der Waals surface area contributed by atoms with Crippen LogP contribution in [0.25, 0.3) is 0 Å². The zero-order valence-electron chi connectivity index (χ0n) is 9.50. The van der Waals surface area contributed by atoms with Gasteiger partial charge >= 0.3 is 0 Å². The van der Waals surface area contributed by atoms with Crippen molar-refractivity contribution in [1.82, 2.24) is 0 Å². The average molecular weight is 286 g/mol. The summed E-state index contributed by atoms with van der Waals surface area (Å²) in [5, 5.41) is 0. The molecule has 1 fully saturated rings. The Morgan fingerprint density at radius 3 is 2.62 bits per heavy atom. The molecule has 2 rings (SSSR count). The number of ether oxygens (including phenoxy) is 2. The lowest BCUT2D eigenvalue weighted by Gasteiger charge is -2.11. The lowest BCUT2D eigenvalue weighted by atomic mass is 10.1. The van der Waals surface area contributed by atoms with Gasteiger partial charge in [-0.05, 0) is 58.4 Å². The van der Waals surface area contributed by atoms with Gasteiger partial charge in [-0.25, -0.2) is 0 Å². The number of nitrogens with two attached hydrogens (primary N) is 1. The van der Waals surface area contributed by atoms with E-state index in [1.807, 2.05) is 6.07 Å². The molecule has 0 spiro atoms. The summed E-state index contributed by atoms with van der Waals surface area (Å²) in [6.07, 6.45) is 1.18. The molecule has 1 aromatic rings. The molecule has 0 heterocycles. The summed E-state index contributed by atoms with van der Waals surface area (Å²) in [6, 6.07) is 4.14. The van der Waals surface area contributed by atoms with Crippen molar-refractivity contribution in [1.29, 1.82) is 0 Å². The van der Waals surface area contributed by atoms with Gasteiger partial charge in [0.15, 0.2) is 11.5 Å². The minimum Gasteiger partial charge on any atom is -0.493 e. The van der Waals surface area contributed by atoms with Crippen molar-refractivity contribution < 1.29 is 9.47 Å². The Bertz CT molecular complexity index is 395. The van der Waals surface area contributed by atoms with Gasteiger partial charge in [-0.15, -0.1) is 0 Å². The zero-order valence-corrected chi connectivity index (χ0v) is 11.1. The Labute approximate surface area is 104 Å². The summed E-state index contributed by atoms with van der Waals surface area (Å²) in [4.78, 5) is 0. The first-order chi connectivity index (χ1) is 7.71. The van der Waals surface area contributed by atoms with E-state index in [9.17, 15) is 0 Å². The van der Waals surface area contributed by atoms with Crippen molar-refractivity contribution in [3.8, 4) is 11.5 Å². The molecule has 1 saturated carbocycles. The maximum Gasteiger partial charge on any atom is 0.174 e. The van der Waals surface area contributed by atoms with Crippen LogP contribution in [-0.4, -0.2) is 20.8 Å². The van der Waals surface area contributed by atoms with Crippen LogP contribution >= 0.6 is 15.9 Å². The molecule has 1 aliphatic carbocycles. The highest BCUT2D eigenvalue weighted by atomic mass is 79.9. The number of benzene rings is 1. The molecular formula is C12H16BrNO2. The summed E-state index contributed by atoms with van der Waals surface area (Å²) in [6.45, 7) is 0.761. The van der Waals surface area contributed by atoms with E-state index in [1.165, 1.54) is 12.0 Å². The standard InChI is InChI=1S/C12H16BrNO2/c1-15-11-5-7(9-3-8(9)6-14)4-10(13)12(11)16-2/h4-5,8-9H,3,6,14H2,1-2H3/t8-,9-/m0/s1. The second-order valence-electron chi connectivity index (χ2n) is 4.08. The number of halogens is 1. The van der Waals surface area contributed by atoms with E-state index in [2.05, 4.69) is 22.0 Å². The van der Waals surface area contributed by atoms with Crippen LogP contribution in [0.15, 0.2) is 16.6 Å². The smallest absolute Gasteiger partial charge is 0.174 e. The number of methoxy groups -OCH3 is 2. The summed E-state index contributed by atoms with van der Waals surface area (Å²) < 4.78 is 11.5. The second kappa shape index (κ2) is 4.63. The largest absolute Gasteiger partial charge is 0.493 e. The molecule has 16 heavy (non-hydrogen) atoms. The van der Waals surface area contributed by atoms with Crippen molar-refractivity contribution in [2.24, 2.45) is 11.7 Å². The van der Waals surface area contributed by atoms with Crippen LogP contribution in [0.5, 0.6) is 11.5 Å². The van der Waals surface area contributed by atoms with E-state index in [-0.39, 0.29) is 0 Å².